The Bertz CT molecular complexity index is 1030. The molecule has 10 heteroatoms. The van der Waals surface area contributed by atoms with Gasteiger partial charge in [-0.2, -0.15) is 0 Å². The maximum absolute atomic E-state index is 13.7. The molecule has 9 nitrogen and oxygen atoms in total. The SMILES string of the molecule is COc1ccc(Nc2ncnc(NNC(=O)c3ccccc3F)c2N)c(OC)c1. The summed E-state index contributed by atoms with van der Waals surface area (Å²) in [5.41, 5.74) is 11.6. The second kappa shape index (κ2) is 8.74. The van der Waals surface area contributed by atoms with Gasteiger partial charge in [0.2, 0.25) is 0 Å². The van der Waals surface area contributed by atoms with Crippen molar-refractivity contribution in [2.24, 2.45) is 0 Å². The Labute approximate surface area is 166 Å². The lowest BCUT2D eigenvalue weighted by Crippen LogP contribution is -2.31. The summed E-state index contributed by atoms with van der Waals surface area (Å²) >= 11 is 0. The number of carbonyl (C=O) groups excluding carboxylic acids is 1. The van der Waals surface area contributed by atoms with Gasteiger partial charge in [-0.15, -0.1) is 0 Å². The number of hydrogen-bond acceptors (Lipinski definition) is 8. The molecule has 0 atom stereocenters. The maximum Gasteiger partial charge on any atom is 0.272 e. The highest BCUT2D eigenvalue weighted by atomic mass is 19.1. The molecule has 1 amide bonds. The molecule has 3 aromatic rings. The van der Waals surface area contributed by atoms with Gasteiger partial charge in [0.1, 0.15) is 29.3 Å². The lowest BCUT2D eigenvalue weighted by Gasteiger charge is -2.15. The van der Waals surface area contributed by atoms with Crippen LogP contribution in [0.4, 0.5) is 27.4 Å². The van der Waals surface area contributed by atoms with E-state index in [0.717, 1.165) is 0 Å². The van der Waals surface area contributed by atoms with E-state index in [9.17, 15) is 9.18 Å². The number of anilines is 4. The van der Waals surface area contributed by atoms with Crippen molar-refractivity contribution in [1.29, 1.82) is 0 Å². The molecule has 0 radical (unpaired) electrons. The van der Waals surface area contributed by atoms with Crippen LogP contribution >= 0.6 is 0 Å². The third-order valence-corrected chi connectivity index (χ3v) is 3.96. The normalized spacial score (nSPS) is 10.2. The van der Waals surface area contributed by atoms with E-state index in [1.165, 1.54) is 31.6 Å². The van der Waals surface area contributed by atoms with Gasteiger partial charge in [0.15, 0.2) is 11.6 Å². The Balaban J connectivity index is 1.76. The van der Waals surface area contributed by atoms with E-state index < -0.39 is 11.7 Å². The van der Waals surface area contributed by atoms with Gasteiger partial charge in [0.25, 0.3) is 5.91 Å². The lowest BCUT2D eigenvalue weighted by atomic mass is 10.2. The molecule has 0 bridgehead atoms. The highest BCUT2D eigenvalue weighted by molar-refractivity contribution is 5.95. The molecule has 1 aromatic heterocycles. The third kappa shape index (κ3) is 4.43. The molecule has 1 heterocycles. The Hall–Kier alpha value is -4.08. The third-order valence-electron chi connectivity index (χ3n) is 3.96. The molecule has 150 valence electrons. The van der Waals surface area contributed by atoms with E-state index in [2.05, 4.69) is 26.1 Å². The summed E-state index contributed by atoms with van der Waals surface area (Å²) in [5.74, 6) is 0.251. The van der Waals surface area contributed by atoms with Crippen LogP contribution in [0.1, 0.15) is 10.4 Å². The monoisotopic (exact) mass is 398 g/mol. The van der Waals surface area contributed by atoms with Gasteiger partial charge in [0, 0.05) is 6.07 Å². The number of rotatable bonds is 7. The van der Waals surface area contributed by atoms with Crippen LogP contribution in [-0.4, -0.2) is 30.1 Å². The molecule has 2 aromatic carbocycles. The Morgan fingerprint density at radius 1 is 1.07 bits per heavy atom. The second-order valence-electron chi connectivity index (χ2n) is 5.73. The van der Waals surface area contributed by atoms with Gasteiger partial charge in [-0.25, -0.2) is 14.4 Å². The number of methoxy groups -OCH3 is 2. The minimum Gasteiger partial charge on any atom is -0.497 e. The molecule has 3 rings (SSSR count). The van der Waals surface area contributed by atoms with Crippen molar-refractivity contribution < 1.29 is 18.7 Å². The van der Waals surface area contributed by atoms with Crippen LogP contribution < -0.4 is 31.4 Å². The van der Waals surface area contributed by atoms with Crippen molar-refractivity contribution >= 4 is 28.9 Å². The summed E-state index contributed by atoms with van der Waals surface area (Å²) in [4.78, 5) is 20.2. The number of carbonyl (C=O) groups is 1. The zero-order valence-electron chi connectivity index (χ0n) is 15.7. The largest absolute Gasteiger partial charge is 0.497 e. The van der Waals surface area contributed by atoms with E-state index >= 15 is 0 Å². The van der Waals surface area contributed by atoms with Gasteiger partial charge < -0.3 is 20.5 Å². The van der Waals surface area contributed by atoms with Crippen molar-refractivity contribution in [3.8, 4) is 11.5 Å². The average molecular weight is 398 g/mol. The molecule has 0 aliphatic heterocycles. The lowest BCUT2D eigenvalue weighted by molar-refractivity contribution is 0.0958. The van der Waals surface area contributed by atoms with E-state index in [1.807, 2.05) is 0 Å². The molecular weight excluding hydrogens is 379 g/mol. The Kier molecular flexibility index (Phi) is 5.93. The number of hydrogen-bond donors (Lipinski definition) is 4. The van der Waals surface area contributed by atoms with E-state index in [0.29, 0.717) is 17.2 Å². The zero-order chi connectivity index (χ0) is 20.8. The molecule has 0 aliphatic rings. The van der Waals surface area contributed by atoms with Crippen molar-refractivity contribution in [3.63, 3.8) is 0 Å². The van der Waals surface area contributed by atoms with Gasteiger partial charge in [-0.3, -0.25) is 15.6 Å². The molecule has 0 saturated carbocycles. The molecule has 5 N–H and O–H groups in total. The standard InChI is InChI=1S/C19H19FN6O3/c1-28-11-7-8-14(15(9-11)29-2)24-17-16(21)18(23-10-22-17)25-26-19(27)12-5-3-4-6-13(12)20/h3-10H,21H2,1-2H3,(H,26,27)(H2,22,23,24,25). The van der Waals surface area contributed by atoms with Gasteiger partial charge in [0.05, 0.1) is 25.5 Å². The van der Waals surface area contributed by atoms with E-state index in [-0.39, 0.29) is 22.9 Å². The first-order valence-corrected chi connectivity index (χ1v) is 8.44. The van der Waals surface area contributed by atoms with E-state index in [1.54, 1.807) is 31.4 Å². The average Bonchev–Trinajstić information content (AvgIpc) is 2.74. The van der Waals surface area contributed by atoms with Gasteiger partial charge >= 0.3 is 0 Å². The van der Waals surface area contributed by atoms with Crippen LogP contribution in [0.15, 0.2) is 48.8 Å². The number of nitrogens with one attached hydrogen (secondary N) is 3. The predicted molar refractivity (Wildman–Crippen MR) is 107 cm³/mol. The first-order chi connectivity index (χ1) is 14.0. The number of hydrazine groups is 1. The number of benzene rings is 2. The molecule has 0 unspecified atom stereocenters. The topological polar surface area (TPSA) is 123 Å². The second-order valence-corrected chi connectivity index (χ2v) is 5.73. The summed E-state index contributed by atoms with van der Waals surface area (Å²) < 4.78 is 24.2. The van der Waals surface area contributed by atoms with Gasteiger partial charge in [-0.05, 0) is 24.3 Å². The van der Waals surface area contributed by atoms with Crippen molar-refractivity contribution in [2.75, 3.05) is 30.7 Å². The summed E-state index contributed by atoms with van der Waals surface area (Å²) in [5, 5.41) is 3.04. The van der Waals surface area contributed by atoms with Crippen LogP contribution in [-0.2, 0) is 0 Å². The van der Waals surface area contributed by atoms with Crippen LogP contribution in [0.2, 0.25) is 0 Å². The van der Waals surface area contributed by atoms with Gasteiger partial charge in [-0.1, -0.05) is 12.1 Å². The fourth-order valence-corrected chi connectivity index (χ4v) is 2.45. The fraction of sp³-hybridized carbons (Fsp3) is 0.105. The minimum atomic E-state index is -0.674. The number of nitrogens with zero attached hydrogens (tertiary/aromatic N) is 2. The first kappa shape index (κ1) is 19.7. The van der Waals surface area contributed by atoms with Crippen LogP contribution in [0.5, 0.6) is 11.5 Å². The minimum absolute atomic E-state index is 0.117. The van der Waals surface area contributed by atoms with E-state index in [4.69, 9.17) is 15.2 Å². The summed E-state index contributed by atoms with van der Waals surface area (Å²) in [7, 11) is 3.08. The van der Waals surface area contributed by atoms with Crippen LogP contribution in [0.3, 0.4) is 0 Å². The first-order valence-electron chi connectivity index (χ1n) is 8.44. The van der Waals surface area contributed by atoms with Crippen LogP contribution in [0, 0.1) is 5.82 Å². The number of halogens is 1. The van der Waals surface area contributed by atoms with Crippen molar-refractivity contribution in [3.05, 3.63) is 60.2 Å². The fourth-order valence-electron chi connectivity index (χ4n) is 2.45. The molecule has 0 spiro atoms. The van der Waals surface area contributed by atoms with Crippen LogP contribution in [0.25, 0.3) is 0 Å². The molecule has 0 aliphatic carbocycles. The summed E-state index contributed by atoms with van der Waals surface area (Å²) in [6.07, 6.45) is 1.26. The molecule has 0 fully saturated rings. The number of nitrogen functional groups attached to an aromatic ring is 1. The number of ether oxygens (including phenoxy) is 2. The summed E-state index contributed by atoms with van der Waals surface area (Å²) in [6.45, 7) is 0. The predicted octanol–water partition coefficient (Wildman–Crippen LogP) is 2.72. The highest BCUT2D eigenvalue weighted by Gasteiger charge is 2.14. The Morgan fingerprint density at radius 3 is 2.55 bits per heavy atom. The quantitative estimate of drug-likeness (QED) is 0.448. The van der Waals surface area contributed by atoms with Crippen molar-refractivity contribution in [2.45, 2.75) is 0 Å². The number of nitrogens with two attached hydrogens (primary N) is 1. The number of amides is 1. The summed E-state index contributed by atoms with van der Waals surface area (Å²) in [6, 6.07) is 10.8. The smallest absolute Gasteiger partial charge is 0.272 e. The molecular formula is C19H19FN6O3. The van der Waals surface area contributed by atoms with Crippen molar-refractivity contribution in [1.82, 2.24) is 15.4 Å². The Morgan fingerprint density at radius 2 is 1.83 bits per heavy atom. The maximum atomic E-state index is 13.7. The highest BCUT2D eigenvalue weighted by Crippen LogP contribution is 2.33. The number of aromatic nitrogens is 2. The molecule has 0 saturated heterocycles. The molecule has 29 heavy (non-hydrogen) atoms. The zero-order valence-corrected chi connectivity index (χ0v) is 15.7.